The van der Waals surface area contributed by atoms with Gasteiger partial charge in [-0.05, 0) is 83.1 Å². The van der Waals surface area contributed by atoms with Crippen LogP contribution in [0.2, 0.25) is 5.02 Å². The second kappa shape index (κ2) is 14.8. The molecule has 220 valence electrons. The van der Waals surface area contributed by atoms with Crippen LogP contribution >= 0.6 is 24.2 Å². The van der Waals surface area contributed by atoms with Crippen LogP contribution in [-0.2, 0) is 14.3 Å². The molecule has 2 aromatic rings. The van der Waals surface area contributed by atoms with Gasteiger partial charge < -0.3 is 20.3 Å². The van der Waals surface area contributed by atoms with E-state index in [1.54, 1.807) is 31.7 Å². The molecule has 2 aromatic carbocycles. The van der Waals surface area contributed by atoms with E-state index in [2.05, 4.69) is 37.1 Å². The Balaban J connectivity index is 2.62. The molecule has 3 unspecified atom stereocenters. The Morgan fingerprint density at radius 3 is 2.15 bits per heavy atom. The molecule has 0 spiro atoms. The number of ether oxygens (including phenoxy) is 1. The van der Waals surface area contributed by atoms with E-state index < -0.39 is 35.6 Å². The first-order valence-corrected chi connectivity index (χ1v) is 14.7. The van der Waals surface area contributed by atoms with E-state index in [4.69, 9.17) is 16.3 Å². The van der Waals surface area contributed by atoms with Gasteiger partial charge in [-0.2, -0.15) is 12.6 Å². The van der Waals surface area contributed by atoms with Crippen LogP contribution in [0.15, 0.2) is 42.5 Å². The smallest absolute Gasteiger partial charge is 0.408 e. The standard InChI is InChI=1S/C31H44ClN3O4S/c1-19(2)16-17-22(5)35(29(37)25(18-40)33-30(38)39-31(6,7)8)27(23-14-10-9-12-20(23)3)28(36)34-26-21(4)13-11-15-24(26)32/h9-15,19,22,25,27,40H,16-18H2,1-8H3,(H,33,38)(H,34,36). The third-order valence-corrected chi connectivity index (χ3v) is 7.22. The number of amides is 3. The van der Waals surface area contributed by atoms with E-state index in [0.29, 0.717) is 28.6 Å². The number of para-hydroxylation sites is 1. The second-order valence-electron chi connectivity index (χ2n) is 11.6. The van der Waals surface area contributed by atoms with Gasteiger partial charge in [0.05, 0.1) is 10.7 Å². The van der Waals surface area contributed by atoms with Crippen LogP contribution < -0.4 is 10.6 Å². The number of nitrogens with one attached hydrogen (secondary N) is 2. The summed E-state index contributed by atoms with van der Waals surface area (Å²) in [7, 11) is 0. The van der Waals surface area contributed by atoms with Gasteiger partial charge >= 0.3 is 6.09 Å². The number of carbonyl (C=O) groups is 3. The number of aryl methyl sites for hydroxylation is 2. The van der Waals surface area contributed by atoms with Crippen molar-refractivity contribution in [2.45, 2.75) is 92.0 Å². The quantitative estimate of drug-likeness (QED) is 0.244. The molecule has 0 aliphatic heterocycles. The molecule has 0 aliphatic rings. The Hall–Kier alpha value is -2.71. The van der Waals surface area contributed by atoms with Crippen molar-refractivity contribution in [2.75, 3.05) is 11.1 Å². The molecule has 0 radical (unpaired) electrons. The number of hydrogen-bond donors (Lipinski definition) is 3. The molecule has 3 amide bonds. The Kier molecular flexibility index (Phi) is 12.4. The maximum Gasteiger partial charge on any atom is 0.408 e. The van der Waals surface area contributed by atoms with Gasteiger partial charge in [0.15, 0.2) is 0 Å². The number of thiol groups is 1. The molecule has 7 nitrogen and oxygen atoms in total. The van der Waals surface area contributed by atoms with Crippen LogP contribution in [0.5, 0.6) is 0 Å². The van der Waals surface area contributed by atoms with Crippen LogP contribution in [-0.4, -0.2) is 46.2 Å². The van der Waals surface area contributed by atoms with Crippen molar-refractivity contribution in [3.8, 4) is 0 Å². The zero-order valence-electron chi connectivity index (χ0n) is 24.9. The average molecular weight is 590 g/mol. The Bertz CT molecular complexity index is 1160. The Labute approximate surface area is 249 Å². The van der Waals surface area contributed by atoms with Gasteiger partial charge in [-0.1, -0.05) is 61.8 Å². The normalized spacial score (nSPS) is 13.8. The molecule has 9 heteroatoms. The maximum atomic E-state index is 14.3. The van der Waals surface area contributed by atoms with E-state index in [-0.39, 0.29) is 11.8 Å². The fourth-order valence-corrected chi connectivity index (χ4v) is 4.94. The number of halogens is 1. The fraction of sp³-hybridized carbons (Fsp3) is 0.516. The summed E-state index contributed by atoms with van der Waals surface area (Å²) in [6.45, 7) is 15.2. The van der Waals surface area contributed by atoms with Crippen LogP contribution in [0.1, 0.15) is 77.1 Å². The molecule has 0 saturated heterocycles. The number of carbonyl (C=O) groups excluding carboxylic acids is 3. The molecule has 0 fully saturated rings. The number of alkyl carbamates (subject to hydrolysis) is 1. The third-order valence-electron chi connectivity index (χ3n) is 6.54. The minimum atomic E-state index is -1.01. The van der Waals surface area contributed by atoms with Crippen molar-refractivity contribution in [3.05, 3.63) is 64.2 Å². The number of benzene rings is 2. The Morgan fingerprint density at radius 2 is 1.60 bits per heavy atom. The van der Waals surface area contributed by atoms with Gasteiger partial charge in [0.2, 0.25) is 5.91 Å². The molecule has 2 N–H and O–H groups in total. The summed E-state index contributed by atoms with van der Waals surface area (Å²) >= 11 is 10.8. The zero-order chi connectivity index (χ0) is 30.2. The van der Waals surface area contributed by atoms with Crippen LogP contribution in [0.3, 0.4) is 0 Å². The summed E-state index contributed by atoms with van der Waals surface area (Å²) in [6, 6.07) is 10.5. The van der Waals surface area contributed by atoms with Gasteiger partial charge in [0.1, 0.15) is 17.7 Å². The topological polar surface area (TPSA) is 87.7 Å². The number of anilines is 1. The van der Waals surface area contributed by atoms with Gasteiger partial charge in [-0.3, -0.25) is 9.59 Å². The zero-order valence-corrected chi connectivity index (χ0v) is 26.5. The Morgan fingerprint density at radius 1 is 0.975 bits per heavy atom. The molecular weight excluding hydrogens is 546 g/mol. The van der Waals surface area contributed by atoms with E-state index >= 15 is 0 Å². The average Bonchev–Trinajstić information content (AvgIpc) is 2.85. The van der Waals surface area contributed by atoms with Crippen molar-refractivity contribution < 1.29 is 19.1 Å². The summed E-state index contributed by atoms with van der Waals surface area (Å²) in [5, 5.41) is 6.07. The molecule has 0 bridgehead atoms. The van der Waals surface area contributed by atoms with E-state index in [9.17, 15) is 14.4 Å². The number of rotatable bonds is 11. The first kappa shape index (κ1) is 33.5. The maximum absolute atomic E-state index is 14.3. The molecule has 40 heavy (non-hydrogen) atoms. The largest absolute Gasteiger partial charge is 0.444 e. The first-order valence-electron chi connectivity index (χ1n) is 13.7. The van der Waals surface area contributed by atoms with Gasteiger partial charge in [-0.15, -0.1) is 0 Å². The van der Waals surface area contributed by atoms with Crippen LogP contribution in [0.25, 0.3) is 0 Å². The van der Waals surface area contributed by atoms with E-state index in [1.807, 2.05) is 57.2 Å². The number of nitrogens with zero attached hydrogens (tertiary/aromatic N) is 1. The van der Waals surface area contributed by atoms with Gasteiger partial charge in [0.25, 0.3) is 5.91 Å². The summed E-state index contributed by atoms with van der Waals surface area (Å²) in [4.78, 5) is 42.7. The SMILES string of the molecule is Cc1ccccc1C(C(=O)Nc1c(C)cccc1Cl)N(C(=O)C(CS)NC(=O)OC(C)(C)C)C(C)CCC(C)C. The summed E-state index contributed by atoms with van der Waals surface area (Å²) in [5.41, 5.74) is 2.09. The number of hydrogen-bond acceptors (Lipinski definition) is 5. The lowest BCUT2D eigenvalue weighted by Crippen LogP contribution is -2.55. The van der Waals surface area contributed by atoms with E-state index in [0.717, 1.165) is 17.5 Å². The van der Waals surface area contributed by atoms with E-state index in [1.165, 1.54) is 0 Å². The highest BCUT2D eigenvalue weighted by Gasteiger charge is 2.39. The third kappa shape index (κ3) is 9.44. The predicted octanol–water partition coefficient (Wildman–Crippen LogP) is 7.11. The lowest BCUT2D eigenvalue weighted by atomic mass is 9.94. The minimum absolute atomic E-state index is 0.0250. The minimum Gasteiger partial charge on any atom is -0.444 e. The predicted molar refractivity (Wildman–Crippen MR) is 166 cm³/mol. The highest BCUT2D eigenvalue weighted by atomic mass is 35.5. The molecule has 3 atom stereocenters. The van der Waals surface area contributed by atoms with Crippen molar-refractivity contribution in [1.29, 1.82) is 0 Å². The van der Waals surface area contributed by atoms with Crippen LogP contribution in [0, 0.1) is 19.8 Å². The van der Waals surface area contributed by atoms with Gasteiger partial charge in [-0.25, -0.2) is 4.79 Å². The monoisotopic (exact) mass is 589 g/mol. The lowest BCUT2D eigenvalue weighted by molar-refractivity contribution is -0.143. The highest BCUT2D eigenvalue weighted by molar-refractivity contribution is 7.80. The van der Waals surface area contributed by atoms with Crippen molar-refractivity contribution in [2.24, 2.45) is 5.92 Å². The van der Waals surface area contributed by atoms with Crippen molar-refractivity contribution >= 4 is 47.8 Å². The molecule has 0 aliphatic carbocycles. The lowest BCUT2D eigenvalue weighted by Gasteiger charge is -2.39. The molecule has 0 heterocycles. The van der Waals surface area contributed by atoms with Crippen molar-refractivity contribution in [3.63, 3.8) is 0 Å². The van der Waals surface area contributed by atoms with Gasteiger partial charge in [0, 0.05) is 11.8 Å². The summed E-state index contributed by atoms with van der Waals surface area (Å²) in [5.74, 6) is -0.393. The molecule has 2 rings (SSSR count). The molecular formula is C31H44ClN3O4S. The summed E-state index contributed by atoms with van der Waals surface area (Å²) in [6.07, 6.45) is 0.788. The highest BCUT2D eigenvalue weighted by Crippen LogP contribution is 2.32. The second-order valence-corrected chi connectivity index (χ2v) is 12.4. The first-order chi connectivity index (χ1) is 18.7. The van der Waals surface area contributed by atoms with Crippen molar-refractivity contribution in [1.82, 2.24) is 10.2 Å². The summed E-state index contributed by atoms with van der Waals surface area (Å²) < 4.78 is 5.41. The molecule has 0 aromatic heterocycles. The fourth-order valence-electron chi connectivity index (χ4n) is 4.42. The molecule has 0 saturated carbocycles. The van der Waals surface area contributed by atoms with Crippen LogP contribution in [0.4, 0.5) is 10.5 Å².